The van der Waals surface area contributed by atoms with Crippen molar-refractivity contribution >= 4 is 43.1 Å². The smallest absolute Gasteiger partial charge is 0.147 e. The zero-order valence-electron chi connectivity index (χ0n) is 37.0. The van der Waals surface area contributed by atoms with E-state index in [-0.39, 0.29) is 0 Å². The Morgan fingerprint density at radius 3 is 0.912 bits per heavy atom. The topological polar surface area (TPSA) is 35.6 Å². The second kappa shape index (κ2) is 16.4. The fraction of sp³-hybridized carbons (Fsp3) is 0. The lowest BCUT2D eigenvalue weighted by Crippen LogP contribution is -2.01. The maximum Gasteiger partial charge on any atom is 0.147 e. The van der Waals surface area contributed by atoms with Gasteiger partial charge in [0.1, 0.15) is 11.6 Å². The van der Waals surface area contributed by atoms with Crippen molar-refractivity contribution in [1.82, 2.24) is 19.1 Å². The van der Waals surface area contributed by atoms with Crippen LogP contribution >= 0.6 is 0 Å². The molecular weight excluding hydrogens is 825 g/mol. The number of aromatic nitrogens is 4. The maximum absolute atomic E-state index is 5.78. The Bertz CT molecular complexity index is 3880. The number of hydrogen-bond acceptors (Lipinski definition) is 2. The molecular formula is C64H42N4. The first-order valence-corrected chi connectivity index (χ1v) is 23.2. The predicted molar refractivity (Wildman–Crippen MR) is 283 cm³/mol. The van der Waals surface area contributed by atoms with Gasteiger partial charge in [-0.3, -0.25) is 9.13 Å². The van der Waals surface area contributed by atoms with E-state index in [1.807, 2.05) is 0 Å². The molecule has 0 aliphatic heterocycles. The third-order valence-corrected chi connectivity index (χ3v) is 13.3. The lowest BCUT2D eigenvalue weighted by atomic mass is 9.96. The zero-order valence-corrected chi connectivity index (χ0v) is 37.0. The third kappa shape index (κ3) is 6.53. The number of hydrogen-bond donors (Lipinski definition) is 0. The first kappa shape index (κ1) is 39.3. The summed E-state index contributed by atoms with van der Waals surface area (Å²) in [4.78, 5) is 11.5. The van der Waals surface area contributed by atoms with Crippen LogP contribution in [0.4, 0.5) is 0 Å². The van der Waals surface area contributed by atoms with Crippen LogP contribution in [0.1, 0.15) is 0 Å². The zero-order chi connectivity index (χ0) is 45.0. The molecule has 0 amide bonds. The molecule has 0 spiro atoms. The summed E-state index contributed by atoms with van der Waals surface area (Å²) in [5, 5.41) is 9.35. The van der Waals surface area contributed by atoms with Crippen molar-refractivity contribution in [1.29, 1.82) is 0 Å². The van der Waals surface area contributed by atoms with Crippen molar-refractivity contribution in [2.45, 2.75) is 0 Å². The number of benzene rings is 11. The van der Waals surface area contributed by atoms with E-state index in [2.05, 4.69) is 264 Å². The summed E-state index contributed by atoms with van der Waals surface area (Å²) in [6, 6.07) is 91.0. The number of nitrogens with zero attached hydrogens (tertiary/aromatic N) is 4. The van der Waals surface area contributed by atoms with E-state index >= 15 is 0 Å². The van der Waals surface area contributed by atoms with E-state index < -0.39 is 0 Å². The molecule has 0 saturated carbocycles. The molecule has 0 aliphatic carbocycles. The highest BCUT2D eigenvalue weighted by Crippen LogP contribution is 2.46. The molecule has 0 radical (unpaired) electrons. The molecule has 2 heterocycles. The predicted octanol–water partition coefficient (Wildman–Crippen LogP) is 16.7. The largest absolute Gasteiger partial charge is 0.292 e. The Labute approximate surface area is 394 Å². The summed E-state index contributed by atoms with van der Waals surface area (Å²) in [6.45, 7) is 0. The Balaban J connectivity index is 1.09. The van der Waals surface area contributed by atoms with Gasteiger partial charge in [-0.1, -0.05) is 218 Å². The van der Waals surface area contributed by atoms with Crippen LogP contribution in [0.3, 0.4) is 0 Å². The van der Waals surface area contributed by atoms with Crippen LogP contribution in [0.5, 0.6) is 0 Å². The number of imidazole rings is 2. The minimum atomic E-state index is 0.891. The molecule has 0 saturated heterocycles. The molecule has 0 N–H and O–H groups in total. The molecule has 13 aromatic rings. The van der Waals surface area contributed by atoms with Crippen molar-refractivity contribution in [3.8, 4) is 79.2 Å². The van der Waals surface area contributed by atoms with E-state index in [1.165, 1.54) is 21.5 Å². The van der Waals surface area contributed by atoms with Gasteiger partial charge in [0, 0.05) is 44.8 Å². The minimum Gasteiger partial charge on any atom is -0.292 e. The molecule has 4 nitrogen and oxygen atoms in total. The van der Waals surface area contributed by atoms with E-state index in [0.717, 1.165) is 101 Å². The number of rotatable bonds is 8. The fourth-order valence-electron chi connectivity index (χ4n) is 10.3. The number of para-hydroxylation sites is 2. The van der Waals surface area contributed by atoms with Crippen LogP contribution in [-0.4, -0.2) is 19.1 Å². The van der Waals surface area contributed by atoms with Gasteiger partial charge in [-0.05, 0) is 79.5 Å². The van der Waals surface area contributed by atoms with Gasteiger partial charge in [-0.25, -0.2) is 9.97 Å². The third-order valence-electron chi connectivity index (χ3n) is 13.3. The van der Waals surface area contributed by atoms with Gasteiger partial charge >= 0.3 is 0 Å². The molecule has 0 aliphatic rings. The van der Waals surface area contributed by atoms with Crippen LogP contribution < -0.4 is 0 Å². The second-order valence-corrected chi connectivity index (χ2v) is 17.3. The normalized spacial score (nSPS) is 11.5. The quantitative estimate of drug-likeness (QED) is 0.143. The summed E-state index contributed by atoms with van der Waals surface area (Å²) in [7, 11) is 0. The van der Waals surface area contributed by atoms with Crippen molar-refractivity contribution in [2.75, 3.05) is 0 Å². The van der Waals surface area contributed by atoms with Gasteiger partial charge in [-0.15, -0.1) is 0 Å². The molecule has 0 unspecified atom stereocenters. The Morgan fingerprint density at radius 1 is 0.250 bits per heavy atom. The lowest BCUT2D eigenvalue weighted by Gasteiger charge is -2.17. The van der Waals surface area contributed by atoms with Crippen molar-refractivity contribution in [3.05, 3.63) is 255 Å². The van der Waals surface area contributed by atoms with Crippen molar-refractivity contribution < 1.29 is 0 Å². The molecule has 0 fully saturated rings. The minimum absolute atomic E-state index is 0.891. The van der Waals surface area contributed by atoms with Gasteiger partial charge in [0.25, 0.3) is 0 Å². The first-order chi connectivity index (χ1) is 33.8. The van der Waals surface area contributed by atoms with Gasteiger partial charge in [0.05, 0.1) is 22.8 Å². The lowest BCUT2D eigenvalue weighted by molar-refractivity contribution is 1.08. The van der Waals surface area contributed by atoms with Crippen molar-refractivity contribution in [2.24, 2.45) is 0 Å². The van der Waals surface area contributed by atoms with E-state index in [4.69, 9.17) is 9.97 Å². The highest BCUT2D eigenvalue weighted by Gasteiger charge is 2.28. The highest BCUT2D eigenvalue weighted by molar-refractivity contribution is 6.14. The van der Waals surface area contributed by atoms with Gasteiger partial charge in [0.15, 0.2) is 0 Å². The van der Waals surface area contributed by atoms with Gasteiger partial charge < -0.3 is 0 Å². The summed E-state index contributed by atoms with van der Waals surface area (Å²) >= 11 is 0. The van der Waals surface area contributed by atoms with E-state index in [1.54, 1.807) is 0 Å². The summed E-state index contributed by atoms with van der Waals surface area (Å²) < 4.78 is 4.74. The molecule has 2 aromatic heterocycles. The van der Waals surface area contributed by atoms with Crippen LogP contribution in [0.2, 0.25) is 0 Å². The molecule has 0 atom stereocenters. The summed E-state index contributed by atoms with van der Waals surface area (Å²) in [5.41, 5.74) is 12.3. The summed E-state index contributed by atoms with van der Waals surface area (Å²) in [6.07, 6.45) is 0. The van der Waals surface area contributed by atoms with E-state index in [0.29, 0.717) is 0 Å². The first-order valence-electron chi connectivity index (χ1n) is 23.2. The molecule has 318 valence electrons. The van der Waals surface area contributed by atoms with Crippen LogP contribution in [-0.2, 0) is 0 Å². The second-order valence-electron chi connectivity index (χ2n) is 17.3. The molecule has 68 heavy (non-hydrogen) atoms. The Morgan fingerprint density at radius 2 is 0.529 bits per heavy atom. The monoisotopic (exact) mass is 866 g/mol. The Kier molecular flexibility index (Phi) is 9.47. The fourth-order valence-corrected chi connectivity index (χ4v) is 10.3. The average Bonchev–Trinajstić information content (AvgIpc) is 4.01. The highest BCUT2D eigenvalue weighted by atomic mass is 15.1. The molecule has 11 aromatic carbocycles. The summed E-state index contributed by atoms with van der Waals surface area (Å²) in [5.74, 6) is 1.78. The Hall–Kier alpha value is -9.12. The average molecular weight is 867 g/mol. The van der Waals surface area contributed by atoms with Crippen molar-refractivity contribution in [3.63, 3.8) is 0 Å². The SMILES string of the molecule is c1ccc(-c2nc(-c3c4ccccc4cc4ccccc34)n(-c3ccccc3)c2-c2ccc(-c3nc(-c4c5ccccc5cc5ccccc45)n(-c4ccccc4)c3-c3ccccc3)cc2)cc1. The van der Waals surface area contributed by atoms with Gasteiger partial charge in [-0.2, -0.15) is 0 Å². The van der Waals surface area contributed by atoms with Crippen LogP contribution in [0, 0.1) is 0 Å². The van der Waals surface area contributed by atoms with E-state index in [9.17, 15) is 0 Å². The standard InChI is InChI=1S/C64H42N4/c1-5-21-43(22-6-1)59-62(68(52-31-11-4-12-32-52)63(65-59)57-53-33-17-13-25-47(53)41-48-26-14-18-34-54(48)57)46-39-37-44(38-40-46)60-61(45-23-7-2-8-24-45)67(51-29-9-3-10-30-51)64(66-60)58-55-35-19-15-27-49(55)42-50-28-16-20-36-56(50)58/h1-42H. The van der Waals surface area contributed by atoms with Crippen LogP contribution in [0.25, 0.3) is 122 Å². The molecule has 0 bridgehead atoms. The van der Waals surface area contributed by atoms with Gasteiger partial charge in [0.2, 0.25) is 0 Å². The molecule has 13 rings (SSSR count). The maximum atomic E-state index is 5.78. The number of fused-ring (bicyclic) bond motifs is 4. The van der Waals surface area contributed by atoms with Crippen LogP contribution in [0.15, 0.2) is 255 Å². The molecule has 4 heteroatoms.